The smallest absolute Gasteiger partial charge is 0.318 e. The highest BCUT2D eigenvalue weighted by molar-refractivity contribution is 5.93. The van der Waals surface area contributed by atoms with Gasteiger partial charge in [0.1, 0.15) is 0 Å². The molecule has 5 heteroatoms. The van der Waals surface area contributed by atoms with E-state index in [-0.39, 0.29) is 12.3 Å². The fourth-order valence-corrected chi connectivity index (χ4v) is 2.52. The van der Waals surface area contributed by atoms with Crippen LogP contribution in [-0.4, -0.2) is 24.5 Å². The molecule has 0 saturated carbocycles. The number of fused-ring (bicyclic) bond motifs is 1. The number of aryl methyl sites for hydroxylation is 1. The molecular weight excluding hydrogens is 242 g/mol. The molecule has 3 amide bonds. The number of carbonyl (C=O) groups excluding carboxylic acids is 2. The van der Waals surface area contributed by atoms with Gasteiger partial charge in [0.05, 0.1) is 0 Å². The Kier molecular flexibility index (Phi) is 4.04. The number of nitrogens with two attached hydrogens (primary N) is 1. The lowest BCUT2D eigenvalue weighted by Gasteiger charge is -2.37. The number of benzene rings is 1. The quantitative estimate of drug-likeness (QED) is 0.864. The first-order valence-electron chi connectivity index (χ1n) is 6.52. The minimum atomic E-state index is -0.794. The summed E-state index contributed by atoms with van der Waals surface area (Å²) in [6.07, 6.45) is 2.41. The molecule has 1 heterocycles. The number of amides is 3. The lowest BCUT2D eigenvalue weighted by molar-refractivity contribution is -0.119. The summed E-state index contributed by atoms with van der Waals surface area (Å²) in [7, 11) is 0. The van der Waals surface area contributed by atoms with Crippen molar-refractivity contribution in [1.29, 1.82) is 0 Å². The molecule has 0 saturated heterocycles. The Morgan fingerprint density at radius 1 is 1.42 bits per heavy atom. The van der Waals surface area contributed by atoms with Gasteiger partial charge in [0, 0.05) is 24.7 Å². The Hall–Kier alpha value is -2.04. The number of primary amides is 1. The summed E-state index contributed by atoms with van der Waals surface area (Å²) in [6, 6.07) is 7.85. The van der Waals surface area contributed by atoms with Gasteiger partial charge in [0.15, 0.2) is 0 Å². The number of nitrogens with one attached hydrogen (secondary N) is 1. The van der Waals surface area contributed by atoms with Crippen molar-refractivity contribution in [3.63, 3.8) is 0 Å². The summed E-state index contributed by atoms with van der Waals surface area (Å²) < 4.78 is 0. The second-order valence-corrected chi connectivity index (χ2v) is 4.87. The first-order chi connectivity index (χ1) is 9.08. The molecule has 19 heavy (non-hydrogen) atoms. The topological polar surface area (TPSA) is 75.4 Å². The molecule has 0 fully saturated rings. The first kappa shape index (κ1) is 13.4. The number of nitrogens with zero attached hydrogens (tertiary/aromatic N) is 1. The minimum absolute atomic E-state index is 0.265. The Morgan fingerprint density at radius 2 is 2.16 bits per heavy atom. The largest absolute Gasteiger partial charge is 0.368 e. The molecule has 1 unspecified atom stereocenters. The van der Waals surface area contributed by atoms with Crippen LogP contribution in [0.2, 0.25) is 0 Å². The lowest BCUT2D eigenvalue weighted by Crippen LogP contribution is -2.41. The van der Waals surface area contributed by atoms with Gasteiger partial charge in [0.25, 0.3) is 0 Å². The summed E-state index contributed by atoms with van der Waals surface area (Å²) >= 11 is 0. The van der Waals surface area contributed by atoms with Crippen molar-refractivity contribution < 1.29 is 9.59 Å². The number of rotatable bonds is 3. The van der Waals surface area contributed by atoms with E-state index in [0.717, 1.165) is 12.8 Å². The molecule has 5 nitrogen and oxygen atoms in total. The standard InChI is InChI=1S/C14H19N3O2/c1-10-6-7-11-4-2-3-5-12(11)17(10)9-8-13(18)16-14(15)19/h2-5,10H,6-9H2,1H3,(H3,15,16,18,19). The molecule has 3 N–H and O–H groups in total. The third-order valence-electron chi connectivity index (χ3n) is 3.51. The van der Waals surface area contributed by atoms with E-state index >= 15 is 0 Å². The Morgan fingerprint density at radius 3 is 2.89 bits per heavy atom. The van der Waals surface area contributed by atoms with E-state index in [1.807, 2.05) is 12.1 Å². The average molecular weight is 261 g/mol. The van der Waals surface area contributed by atoms with E-state index < -0.39 is 6.03 Å². The Bertz CT molecular complexity index is 487. The van der Waals surface area contributed by atoms with Crippen LogP contribution in [0.4, 0.5) is 10.5 Å². The van der Waals surface area contributed by atoms with Crippen LogP contribution in [0.5, 0.6) is 0 Å². The number of para-hydroxylation sites is 1. The van der Waals surface area contributed by atoms with Crippen molar-refractivity contribution in [1.82, 2.24) is 5.32 Å². The van der Waals surface area contributed by atoms with Crippen LogP contribution in [0, 0.1) is 0 Å². The zero-order valence-corrected chi connectivity index (χ0v) is 11.1. The molecule has 0 aliphatic carbocycles. The fraction of sp³-hybridized carbons (Fsp3) is 0.429. The Balaban J connectivity index is 2.03. The molecule has 2 rings (SSSR count). The minimum Gasteiger partial charge on any atom is -0.368 e. The monoisotopic (exact) mass is 261 g/mol. The van der Waals surface area contributed by atoms with Crippen molar-refractivity contribution >= 4 is 17.6 Å². The average Bonchev–Trinajstić information content (AvgIpc) is 2.36. The van der Waals surface area contributed by atoms with E-state index in [1.54, 1.807) is 0 Å². The third kappa shape index (κ3) is 3.24. The first-order valence-corrected chi connectivity index (χ1v) is 6.52. The maximum atomic E-state index is 11.5. The highest BCUT2D eigenvalue weighted by Gasteiger charge is 2.22. The summed E-state index contributed by atoms with van der Waals surface area (Å²) in [6.45, 7) is 2.75. The van der Waals surface area contributed by atoms with Crippen LogP contribution < -0.4 is 16.0 Å². The van der Waals surface area contributed by atoms with Crippen LogP contribution in [-0.2, 0) is 11.2 Å². The number of imide groups is 1. The van der Waals surface area contributed by atoms with Gasteiger partial charge in [-0.1, -0.05) is 18.2 Å². The van der Waals surface area contributed by atoms with Crippen LogP contribution in [0.1, 0.15) is 25.3 Å². The number of urea groups is 1. The molecule has 1 aromatic carbocycles. The van der Waals surface area contributed by atoms with E-state index in [4.69, 9.17) is 5.73 Å². The highest BCUT2D eigenvalue weighted by Crippen LogP contribution is 2.30. The molecule has 1 aliphatic heterocycles. The van der Waals surface area contributed by atoms with Crippen molar-refractivity contribution in [2.45, 2.75) is 32.2 Å². The molecule has 102 valence electrons. The fourth-order valence-electron chi connectivity index (χ4n) is 2.52. The van der Waals surface area contributed by atoms with Gasteiger partial charge in [-0.2, -0.15) is 0 Å². The van der Waals surface area contributed by atoms with E-state index in [1.165, 1.54) is 11.3 Å². The molecule has 0 radical (unpaired) electrons. The molecular formula is C14H19N3O2. The van der Waals surface area contributed by atoms with Crippen molar-refractivity contribution in [2.75, 3.05) is 11.4 Å². The summed E-state index contributed by atoms with van der Waals surface area (Å²) in [4.78, 5) is 24.3. The lowest BCUT2D eigenvalue weighted by atomic mass is 9.96. The number of hydrogen-bond acceptors (Lipinski definition) is 3. The zero-order chi connectivity index (χ0) is 13.8. The van der Waals surface area contributed by atoms with Gasteiger partial charge in [0.2, 0.25) is 5.91 Å². The van der Waals surface area contributed by atoms with Crippen LogP contribution in [0.3, 0.4) is 0 Å². The highest BCUT2D eigenvalue weighted by atomic mass is 16.2. The predicted molar refractivity (Wildman–Crippen MR) is 73.9 cm³/mol. The van der Waals surface area contributed by atoms with Crippen LogP contribution in [0.15, 0.2) is 24.3 Å². The van der Waals surface area contributed by atoms with Gasteiger partial charge in [-0.3, -0.25) is 10.1 Å². The van der Waals surface area contributed by atoms with Gasteiger partial charge >= 0.3 is 6.03 Å². The molecule has 0 aromatic heterocycles. The second kappa shape index (κ2) is 5.73. The summed E-state index contributed by atoms with van der Waals surface area (Å²) in [5, 5.41) is 2.09. The maximum Gasteiger partial charge on any atom is 0.318 e. The molecule has 1 aromatic rings. The van der Waals surface area contributed by atoms with Crippen LogP contribution in [0.25, 0.3) is 0 Å². The van der Waals surface area contributed by atoms with Gasteiger partial charge in [-0.05, 0) is 31.4 Å². The van der Waals surface area contributed by atoms with Gasteiger partial charge < -0.3 is 10.6 Å². The molecule has 0 bridgehead atoms. The van der Waals surface area contributed by atoms with Crippen LogP contribution >= 0.6 is 0 Å². The molecule has 1 aliphatic rings. The summed E-state index contributed by atoms with van der Waals surface area (Å²) in [5.41, 5.74) is 7.43. The van der Waals surface area contributed by atoms with E-state index in [2.05, 4.69) is 29.3 Å². The Labute approximate surface area is 112 Å². The maximum absolute atomic E-state index is 11.5. The molecule has 0 spiro atoms. The SMILES string of the molecule is CC1CCc2ccccc2N1CCC(=O)NC(N)=O. The van der Waals surface area contributed by atoms with E-state index in [0.29, 0.717) is 12.6 Å². The zero-order valence-electron chi connectivity index (χ0n) is 11.1. The molecule has 1 atom stereocenters. The summed E-state index contributed by atoms with van der Waals surface area (Å²) in [5.74, 6) is -0.331. The van der Waals surface area contributed by atoms with Crippen molar-refractivity contribution in [3.8, 4) is 0 Å². The van der Waals surface area contributed by atoms with Gasteiger partial charge in [-0.15, -0.1) is 0 Å². The normalized spacial score (nSPS) is 17.7. The van der Waals surface area contributed by atoms with E-state index in [9.17, 15) is 9.59 Å². The van der Waals surface area contributed by atoms with Gasteiger partial charge in [-0.25, -0.2) is 4.79 Å². The van der Waals surface area contributed by atoms with Crippen molar-refractivity contribution in [3.05, 3.63) is 29.8 Å². The number of hydrogen-bond donors (Lipinski definition) is 2. The third-order valence-corrected chi connectivity index (χ3v) is 3.51. The second-order valence-electron chi connectivity index (χ2n) is 4.87. The number of anilines is 1. The van der Waals surface area contributed by atoms with Crippen molar-refractivity contribution in [2.24, 2.45) is 5.73 Å². The predicted octanol–water partition coefficient (Wildman–Crippen LogP) is 1.41. The number of carbonyl (C=O) groups is 2.